The lowest BCUT2D eigenvalue weighted by Crippen LogP contribution is -2.32. The molecular formula is C13H17F3N2O2. The number of benzene rings is 1. The fraction of sp³-hybridized carbons (Fsp3) is 0.462. The maximum absolute atomic E-state index is 12.9. The van der Waals surface area contributed by atoms with Crippen LogP contribution < -0.4 is 11.1 Å². The average Bonchev–Trinajstić information content (AvgIpc) is 2.22. The van der Waals surface area contributed by atoms with E-state index in [1.54, 1.807) is 20.8 Å². The summed E-state index contributed by atoms with van der Waals surface area (Å²) in [5.74, 6) is 0. The molecule has 4 nitrogen and oxygen atoms in total. The number of rotatable bonds is 2. The molecule has 3 N–H and O–H groups in total. The van der Waals surface area contributed by atoms with E-state index in [9.17, 15) is 18.0 Å². The van der Waals surface area contributed by atoms with Crippen molar-refractivity contribution in [3.05, 3.63) is 29.3 Å². The molecule has 112 valence electrons. The lowest BCUT2D eigenvalue weighted by Gasteiger charge is -2.20. The van der Waals surface area contributed by atoms with Gasteiger partial charge in [0.05, 0.1) is 5.56 Å². The molecule has 1 aromatic rings. The van der Waals surface area contributed by atoms with Gasteiger partial charge in [-0.3, -0.25) is 0 Å². The van der Waals surface area contributed by atoms with Gasteiger partial charge < -0.3 is 15.8 Å². The number of nitrogens with two attached hydrogens (primary N) is 1. The number of amides is 1. The minimum Gasteiger partial charge on any atom is -0.444 e. The highest BCUT2D eigenvalue weighted by atomic mass is 19.4. The van der Waals surface area contributed by atoms with Crippen molar-refractivity contribution >= 4 is 11.8 Å². The molecule has 1 aromatic carbocycles. The van der Waals surface area contributed by atoms with Gasteiger partial charge in [0.15, 0.2) is 0 Å². The Morgan fingerprint density at radius 2 is 1.90 bits per heavy atom. The van der Waals surface area contributed by atoms with Crippen molar-refractivity contribution in [3.63, 3.8) is 0 Å². The number of carbonyl (C=O) groups is 1. The first-order chi connectivity index (χ1) is 9.00. The van der Waals surface area contributed by atoms with Crippen LogP contribution in [0.3, 0.4) is 0 Å². The number of alkyl carbamates (subject to hydrolysis) is 1. The summed E-state index contributed by atoms with van der Waals surface area (Å²) >= 11 is 0. The maximum atomic E-state index is 12.9. The smallest absolute Gasteiger partial charge is 0.418 e. The van der Waals surface area contributed by atoms with Gasteiger partial charge in [-0.05, 0) is 32.4 Å². The molecule has 0 bridgehead atoms. The second-order valence-corrected chi connectivity index (χ2v) is 5.23. The maximum Gasteiger partial charge on any atom is 0.418 e. The summed E-state index contributed by atoms with van der Waals surface area (Å²) in [7, 11) is 0. The van der Waals surface area contributed by atoms with Gasteiger partial charge in [0.25, 0.3) is 0 Å². The van der Waals surface area contributed by atoms with Crippen LogP contribution in [0.4, 0.5) is 23.7 Å². The van der Waals surface area contributed by atoms with Crippen molar-refractivity contribution in [2.75, 3.05) is 5.73 Å². The van der Waals surface area contributed by atoms with Crippen LogP contribution in [0.15, 0.2) is 18.2 Å². The van der Waals surface area contributed by atoms with E-state index in [2.05, 4.69) is 5.32 Å². The number of hydrogen-bond acceptors (Lipinski definition) is 3. The molecule has 0 aliphatic heterocycles. The van der Waals surface area contributed by atoms with Gasteiger partial charge in [0, 0.05) is 12.2 Å². The third-order valence-corrected chi connectivity index (χ3v) is 2.29. The molecule has 0 unspecified atom stereocenters. The Bertz CT molecular complexity index is 493. The minimum absolute atomic E-state index is 0.108. The molecule has 0 aliphatic rings. The van der Waals surface area contributed by atoms with Crippen molar-refractivity contribution in [3.8, 4) is 0 Å². The van der Waals surface area contributed by atoms with Crippen LogP contribution in [0.25, 0.3) is 0 Å². The zero-order valence-corrected chi connectivity index (χ0v) is 11.5. The average molecular weight is 290 g/mol. The first-order valence-corrected chi connectivity index (χ1v) is 5.92. The lowest BCUT2D eigenvalue weighted by atomic mass is 10.1. The number of nitrogens with one attached hydrogen (secondary N) is 1. The Morgan fingerprint density at radius 1 is 1.30 bits per heavy atom. The van der Waals surface area contributed by atoms with Crippen LogP contribution in [-0.2, 0) is 17.5 Å². The zero-order chi connectivity index (χ0) is 15.6. The SMILES string of the molecule is CC(C)(C)OC(=O)NCc1cccc(N)c1C(F)(F)F. The van der Waals surface area contributed by atoms with E-state index >= 15 is 0 Å². The molecule has 7 heteroatoms. The van der Waals surface area contributed by atoms with Crippen LogP contribution in [0, 0.1) is 0 Å². The first kappa shape index (κ1) is 16.1. The Balaban J connectivity index is 2.84. The van der Waals surface area contributed by atoms with Gasteiger partial charge in [-0.15, -0.1) is 0 Å². The lowest BCUT2D eigenvalue weighted by molar-refractivity contribution is -0.137. The zero-order valence-electron chi connectivity index (χ0n) is 11.5. The summed E-state index contributed by atoms with van der Waals surface area (Å²) in [5, 5.41) is 2.28. The van der Waals surface area contributed by atoms with Gasteiger partial charge in [-0.1, -0.05) is 12.1 Å². The molecule has 1 rings (SSSR count). The largest absolute Gasteiger partial charge is 0.444 e. The Labute approximate surface area is 115 Å². The Morgan fingerprint density at radius 3 is 2.40 bits per heavy atom. The summed E-state index contributed by atoms with van der Waals surface area (Å²) < 4.78 is 43.6. The van der Waals surface area contributed by atoms with Gasteiger partial charge in [-0.25, -0.2) is 4.79 Å². The number of nitrogen functional groups attached to an aromatic ring is 1. The number of alkyl halides is 3. The van der Waals surface area contributed by atoms with Crippen LogP contribution in [-0.4, -0.2) is 11.7 Å². The molecule has 0 saturated heterocycles. The fourth-order valence-electron chi connectivity index (χ4n) is 1.59. The number of hydrogen-bond donors (Lipinski definition) is 2. The molecule has 0 radical (unpaired) electrons. The second-order valence-electron chi connectivity index (χ2n) is 5.23. The van der Waals surface area contributed by atoms with E-state index in [4.69, 9.17) is 10.5 Å². The Kier molecular flexibility index (Phi) is 4.52. The van der Waals surface area contributed by atoms with Crippen molar-refractivity contribution in [1.82, 2.24) is 5.32 Å². The van der Waals surface area contributed by atoms with Crippen molar-refractivity contribution in [2.45, 2.75) is 39.1 Å². The summed E-state index contributed by atoms with van der Waals surface area (Å²) in [5.41, 5.74) is 3.22. The van der Waals surface area contributed by atoms with Gasteiger partial charge >= 0.3 is 12.3 Å². The minimum atomic E-state index is -4.57. The normalized spacial score (nSPS) is 12.1. The third-order valence-electron chi connectivity index (χ3n) is 2.29. The van der Waals surface area contributed by atoms with Crippen molar-refractivity contribution in [1.29, 1.82) is 0 Å². The highest BCUT2D eigenvalue weighted by Crippen LogP contribution is 2.36. The summed E-state index contributed by atoms with van der Waals surface area (Å²) in [6.45, 7) is 4.67. The van der Waals surface area contributed by atoms with E-state index in [1.807, 2.05) is 0 Å². The van der Waals surface area contributed by atoms with E-state index in [0.717, 1.165) is 0 Å². The number of halogens is 3. The highest BCUT2D eigenvalue weighted by molar-refractivity contribution is 5.68. The van der Waals surface area contributed by atoms with Crippen LogP contribution in [0.2, 0.25) is 0 Å². The summed E-state index contributed by atoms with van der Waals surface area (Å²) in [4.78, 5) is 11.4. The summed E-state index contributed by atoms with van der Waals surface area (Å²) in [6.07, 6.45) is -5.36. The van der Waals surface area contributed by atoms with E-state index < -0.39 is 23.4 Å². The van der Waals surface area contributed by atoms with E-state index in [0.29, 0.717) is 0 Å². The first-order valence-electron chi connectivity index (χ1n) is 5.92. The topological polar surface area (TPSA) is 64.3 Å². The van der Waals surface area contributed by atoms with Crippen LogP contribution >= 0.6 is 0 Å². The van der Waals surface area contributed by atoms with Gasteiger partial charge in [0.1, 0.15) is 5.60 Å². The van der Waals surface area contributed by atoms with Gasteiger partial charge in [0.2, 0.25) is 0 Å². The van der Waals surface area contributed by atoms with E-state index in [1.165, 1.54) is 18.2 Å². The van der Waals surface area contributed by atoms with Crippen molar-refractivity contribution in [2.24, 2.45) is 0 Å². The molecule has 0 atom stereocenters. The van der Waals surface area contributed by atoms with E-state index in [-0.39, 0.29) is 17.8 Å². The number of ether oxygens (including phenoxy) is 1. The molecule has 0 aromatic heterocycles. The molecule has 20 heavy (non-hydrogen) atoms. The van der Waals surface area contributed by atoms with Crippen LogP contribution in [0.1, 0.15) is 31.9 Å². The predicted molar refractivity (Wildman–Crippen MR) is 68.9 cm³/mol. The molecule has 1 amide bonds. The molecule has 0 heterocycles. The van der Waals surface area contributed by atoms with Crippen molar-refractivity contribution < 1.29 is 22.7 Å². The second kappa shape index (κ2) is 5.60. The predicted octanol–water partition coefficient (Wildman–Crippen LogP) is 3.31. The third kappa shape index (κ3) is 4.64. The number of anilines is 1. The molecule has 0 spiro atoms. The quantitative estimate of drug-likeness (QED) is 0.821. The standard InChI is InChI=1S/C13H17F3N2O2/c1-12(2,3)20-11(19)18-7-8-5-4-6-9(17)10(8)13(14,15)16/h4-6H,7,17H2,1-3H3,(H,18,19). The van der Waals surface area contributed by atoms with Gasteiger partial charge in [-0.2, -0.15) is 13.2 Å². The molecule has 0 fully saturated rings. The number of carbonyl (C=O) groups excluding carboxylic acids is 1. The molecule has 0 saturated carbocycles. The molecule has 0 aliphatic carbocycles. The summed E-state index contributed by atoms with van der Waals surface area (Å²) in [6, 6.07) is 3.83. The fourth-order valence-corrected chi connectivity index (χ4v) is 1.59. The highest BCUT2D eigenvalue weighted by Gasteiger charge is 2.35. The monoisotopic (exact) mass is 290 g/mol. The van der Waals surface area contributed by atoms with Crippen LogP contribution in [0.5, 0.6) is 0 Å². The Hall–Kier alpha value is -1.92. The molecular weight excluding hydrogens is 273 g/mol.